The summed E-state index contributed by atoms with van der Waals surface area (Å²) < 4.78 is -0.675. The molecule has 1 spiro atoms. The molecule has 0 radical (unpaired) electrons. The highest BCUT2D eigenvalue weighted by Gasteiger charge is 2.87. The smallest absolute Gasteiger partial charge is 0.127 e. The predicted molar refractivity (Wildman–Crippen MR) is 93.5 cm³/mol. The summed E-state index contributed by atoms with van der Waals surface area (Å²) in [6, 6.07) is 2.38. The summed E-state index contributed by atoms with van der Waals surface area (Å²) in [5.41, 5.74) is 5.04. The Morgan fingerprint density at radius 1 is 1.27 bits per heavy atom. The van der Waals surface area contributed by atoms with E-state index in [1.807, 2.05) is 0 Å². The number of hydrogen-bond donors (Lipinski definition) is 0. The number of aromatic nitrogens is 1. The number of rotatable bonds is 3. The van der Waals surface area contributed by atoms with Crippen LogP contribution in [0.25, 0.3) is 0 Å². The van der Waals surface area contributed by atoms with E-state index in [-0.39, 0.29) is 16.7 Å². The molecule has 3 aliphatic carbocycles. The molecule has 0 unspecified atom stereocenters. The van der Waals surface area contributed by atoms with Crippen LogP contribution >= 0.6 is 34.8 Å². The van der Waals surface area contributed by atoms with E-state index in [2.05, 4.69) is 33.8 Å². The molecule has 2 saturated carbocycles. The summed E-state index contributed by atoms with van der Waals surface area (Å²) in [5, 5.41) is 0.0537. The Kier molecular flexibility index (Phi) is 3.22. The predicted octanol–water partition coefficient (Wildman–Crippen LogP) is 5.77. The molecule has 2 fully saturated rings. The molecule has 0 saturated heterocycles. The van der Waals surface area contributed by atoms with E-state index in [0.717, 1.165) is 12.8 Å². The number of fused-ring (bicyclic) bond motifs is 3. The normalized spacial score (nSPS) is 36.9. The number of alkyl halides is 3. The van der Waals surface area contributed by atoms with Crippen molar-refractivity contribution in [2.24, 2.45) is 11.3 Å². The van der Waals surface area contributed by atoms with Crippen molar-refractivity contribution in [2.75, 3.05) is 0 Å². The van der Waals surface area contributed by atoms with Crippen molar-refractivity contribution in [3.05, 3.63) is 28.6 Å². The van der Waals surface area contributed by atoms with Gasteiger partial charge >= 0.3 is 0 Å². The summed E-state index contributed by atoms with van der Waals surface area (Å²) in [6.07, 6.45) is 1.83. The molecule has 4 heteroatoms. The molecule has 4 rings (SSSR count). The highest BCUT2D eigenvalue weighted by molar-refractivity contribution is 6.51. The lowest BCUT2D eigenvalue weighted by atomic mass is 9.68. The topological polar surface area (TPSA) is 12.9 Å². The first kappa shape index (κ1) is 15.5. The molecule has 1 aromatic heterocycles. The second kappa shape index (κ2) is 4.55. The Morgan fingerprint density at radius 3 is 2.50 bits per heavy atom. The summed E-state index contributed by atoms with van der Waals surface area (Å²) >= 11 is 19.7. The van der Waals surface area contributed by atoms with Crippen LogP contribution < -0.4 is 0 Å². The van der Waals surface area contributed by atoms with Gasteiger partial charge in [0.2, 0.25) is 0 Å². The van der Waals surface area contributed by atoms with Gasteiger partial charge in [-0.15, -0.1) is 34.8 Å². The van der Waals surface area contributed by atoms with Crippen molar-refractivity contribution in [3.8, 4) is 0 Å². The molecule has 3 aliphatic rings. The monoisotopic (exact) mass is 357 g/mol. The Morgan fingerprint density at radius 2 is 1.95 bits per heavy atom. The van der Waals surface area contributed by atoms with E-state index in [1.165, 1.54) is 22.5 Å². The zero-order valence-electron chi connectivity index (χ0n) is 13.5. The molecule has 22 heavy (non-hydrogen) atoms. The van der Waals surface area contributed by atoms with Gasteiger partial charge in [-0.25, -0.2) is 0 Å². The fourth-order valence-corrected chi connectivity index (χ4v) is 6.72. The zero-order valence-corrected chi connectivity index (χ0v) is 15.7. The van der Waals surface area contributed by atoms with Crippen molar-refractivity contribution in [2.45, 2.75) is 68.0 Å². The SMILES string of the molecule is CC(C)Cc1nc2c(cc1C(C)C)[C@H]1CC(Cl)(Cl)[C@]13[C@H](Cl)[C@H]23. The minimum Gasteiger partial charge on any atom is -0.257 e. The van der Waals surface area contributed by atoms with E-state index in [0.29, 0.717) is 17.8 Å². The first-order chi connectivity index (χ1) is 10.2. The van der Waals surface area contributed by atoms with Gasteiger partial charge in [0, 0.05) is 22.7 Å². The molecule has 0 aliphatic heterocycles. The highest BCUT2D eigenvalue weighted by atomic mass is 35.5. The van der Waals surface area contributed by atoms with Gasteiger partial charge in [-0.2, -0.15) is 0 Å². The quantitative estimate of drug-likeness (QED) is 0.625. The Balaban J connectivity index is 1.82. The van der Waals surface area contributed by atoms with E-state index in [9.17, 15) is 0 Å². The number of hydrogen-bond acceptors (Lipinski definition) is 1. The standard InChI is InChI=1S/C18H22Cl3N/c1-8(2)5-13-10(9(3)4)6-11-12-7-17(20,21)18(12)14(16(18)19)15(11)22-13/h6,8-9,12,14,16H,5,7H2,1-4H3/t12-,14+,16-,18-/m1/s1. The first-order valence-electron chi connectivity index (χ1n) is 8.27. The van der Waals surface area contributed by atoms with E-state index < -0.39 is 4.33 Å². The van der Waals surface area contributed by atoms with Crippen LogP contribution in [0.15, 0.2) is 6.07 Å². The maximum atomic E-state index is 6.60. The number of halogens is 3. The van der Waals surface area contributed by atoms with Gasteiger partial charge in [0.25, 0.3) is 0 Å². The maximum Gasteiger partial charge on any atom is 0.127 e. The van der Waals surface area contributed by atoms with Gasteiger partial charge in [-0.1, -0.05) is 33.8 Å². The average molecular weight is 359 g/mol. The van der Waals surface area contributed by atoms with Crippen molar-refractivity contribution in [1.29, 1.82) is 0 Å². The first-order valence-corrected chi connectivity index (χ1v) is 9.46. The maximum absolute atomic E-state index is 6.60. The second-order valence-electron chi connectivity index (χ2n) is 8.03. The van der Waals surface area contributed by atoms with Gasteiger partial charge in [-0.3, -0.25) is 4.98 Å². The van der Waals surface area contributed by atoms with E-state index in [1.54, 1.807) is 0 Å². The Hall–Kier alpha value is 0.0200. The summed E-state index contributed by atoms with van der Waals surface area (Å²) in [5.74, 6) is 1.75. The molecule has 0 bridgehead atoms. The van der Waals surface area contributed by atoms with Gasteiger partial charge in [0.1, 0.15) is 4.33 Å². The third-order valence-corrected chi connectivity index (χ3v) is 7.49. The lowest BCUT2D eigenvalue weighted by Crippen LogP contribution is -2.47. The molecule has 0 N–H and O–H groups in total. The van der Waals surface area contributed by atoms with Crippen LogP contribution in [0.3, 0.4) is 0 Å². The molecule has 1 heterocycles. The van der Waals surface area contributed by atoms with Crippen LogP contribution in [0.5, 0.6) is 0 Å². The van der Waals surface area contributed by atoms with Gasteiger partial charge in [0.15, 0.2) is 0 Å². The van der Waals surface area contributed by atoms with Crippen LogP contribution in [0.4, 0.5) is 0 Å². The third-order valence-electron chi connectivity index (χ3n) is 5.91. The molecule has 1 aromatic rings. The molecule has 1 nitrogen and oxygen atoms in total. The lowest BCUT2D eigenvalue weighted by Gasteiger charge is -2.47. The number of pyridine rings is 1. The minimum atomic E-state index is -0.675. The van der Waals surface area contributed by atoms with Gasteiger partial charge < -0.3 is 0 Å². The highest BCUT2D eigenvalue weighted by Crippen LogP contribution is 2.88. The van der Waals surface area contributed by atoms with Crippen LogP contribution in [0.2, 0.25) is 0 Å². The molecule has 0 amide bonds. The summed E-state index contributed by atoms with van der Waals surface area (Å²) in [7, 11) is 0. The van der Waals surface area contributed by atoms with E-state index in [4.69, 9.17) is 39.8 Å². The largest absolute Gasteiger partial charge is 0.257 e. The third kappa shape index (κ3) is 1.66. The second-order valence-corrected chi connectivity index (χ2v) is 9.98. The fraction of sp³-hybridized carbons (Fsp3) is 0.722. The van der Waals surface area contributed by atoms with Crippen LogP contribution in [-0.4, -0.2) is 14.7 Å². The van der Waals surface area contributed by atoms with Gasteiger partial charge in [-0.05, 0) is 41.7 Å². The van der Waals surface area contributed by atoms with Crippen LogP contribution in [0.1, 0.15) is 74.4 Å². The minimum absolute atomic E-state index is 0.0537. The van der Waals surface area contributed by atoms with E-state index >= 15 is 0 Å². The van der Waals surface area contributed by atoms with Gasteiger partial charge in [0.05, 0.1) is 5.38 Å². The molecular formula is C18H22Cl3N. The van der Waals surface area contributed by atoms with Crippen LogP contribution in [0, 0.1) is 11.3 Å². The summed E-state index contributed by atoms with van der Waals surface area (Å²) in [4.78, 5) is 5.09. The summed E-state index contributed by atoms with van der Waals surface area (Å²) in [6.45, 7) is 8.98. The molecule has 120 valence electrons. The Bertz CT molecular complexity index is 652. The fourth-order valence-electron chi connectivity index (χ4n) is 4.84. The van der Waals surface area contributed by atoms with Crippen LogP contribution in [-0.2, 0) is 6.42 Å². The number of nitrogens with zero attached hydrogens (tertiary/aromatic N) is 1. The van der Waals surface area contributed by atoms with Crippen molar-refractivity contribution in [1.82, 2.24) is 4.98 Å². The average Bonchev–Trinajstić information content (AvgIpc) is 2.96. The van der Waals surface area contributed by atoms with Crippen molar-refractivity contribution < 1.29 is 0 Å². The molecule has 4 atom stereocenters. The molecule has 0 aromatic carbocycles. The lowest BCUT2D eigenvalue weighted by molar-refractivity contribution is 0.212. The van der Waals surface area contributed by atoms with Crippen molar-refractivity contribution >= 4 is 34.8 Å². The zero-order chi connectivity index (χ0) is 16.0. The Labute approximate surface area is 147 Å². The van der Waals surface area contributed by atoms with Crippen molar-refractivity contribution in [3.63, 3.8) is 0 Å². The molecular weight excluding hydrogens is 337 g/mol.